The molecule has 0 aliphatic rings. The Hall–Kier alpha value is -0.240. The van der Waals surface area contributed by atoms with Crippen molar-refractivity contribution in [2.45, 2.75) is 59.9 Å². The van der Waals surface area contributed by atoms with Crippen LogP contribution >= 0.6 is 11.6 Å². The fourth-order valence-corrected chi connectivity index (χ4v) is 1.93. The van der Waals surface area contributed by atoms with E-state index in [4.69, 9.17) is 11.6 Å². The summed E-state index contributed by atoms with van der Waals surface area (Å²) in [7, 11) is 0. The van der Waals surface area contributed by atoms with E-state index in [0.717, 1.165) is 19.3 Å². The Morgan fingerprint density at radius 1 is 1.31 bits per heavy atom. The number of carbonyl (C=O) groups is 1. The largest absolute Gasteiger partial charge is 0.353 e. The minimum atomic E-state index is 0.0660. The average molecular weight is 248 g/mol. The van der Waals surface area contributed by atoms with Gasteiger partial charge in [0.1, 0.15) is 0 Å². The lowest BCUT2D eigenvalue weighted by atomic mass is 9.84. The molecule has 1 amide bonds. The fraction of sp³-hybridized carbons (Fsp3) is 0.923. The van der Waals surface area contributed by atoms with Gasteiger partial charge in [-0.2, -0.15) is 0 Å². The first-order valence-corrected chi connectivity index (χ1v) is 6.72. The molecule has 3 heteroatoms. The second-order valence-corrected chi connectivity index (χ2v) is 5.97. The molecule has 0 aromatic rings. The van der Waals surface area contributed by atoms with E-state index in [9.17, 15) is 4.79 Å². The highest BCUT2D eigenvalue weighted by Gasteiger charge is 2.26. The molecule has 1 N–H and O–H groups in total. The van der Waals surface area contributed by atoms with Crippen molar-refractivity contribution in [2.75, 3.05) is 5.88 Å². The molecule has 0 spiro atoms. The number of hydrogen-bond acceptors (Lipinski definition) is 1. The van der Waals surface area contributed by atoms with Gasteiger partial charge in [0.25, 0.3) is 0 Å². The van der Waals surface area contributed by atoms with Gasteiger partial charge in [-0.05, 0) is 18.3 Å². The summed E-state index contributed by atoms with van der Waals surface area (Å²) >= 11 is 5.78. The summed E-state index contributed by atoms with van der Waals surface area (Å²) in [6, 6.07) is 0.164. The van der Waals surface area contributed by atoms with Gasteiger partial charge in [0.05, 0.1) is 0 Å². The number of nitrogens with one attached hydrogen (secondary N) is 1. The molecule has 96 valence electrons. The lowest BCUT2D eigenvalue weighted by Gasteiger charge is -2.32. The maximum atomic E-state index is 11.9. The van der Waals surface area contributed by atoms with Crippen LogP contribution in [0.25, 0.3) is 0 Å². The minimum absolute atomic E-state index is 0.0660. The van der Waals surface area contributed by atoms with Gasteiger partial charge in [0.15, 0.2) is 0 Å². The molecule has 2 nitrogen and oxygen atoms in total. The number of alkyl halides is 1. The molecule has 0 fully saturated rings. The average Bonchev–Trinajstić information content (AvgIpc) is 2.15. The van der Waals surface area contributed by atoms with Crippen molar-refractivity contribution in [3.63, 3.8) is 0 Å². The maximum absolute atomic E-state index is 11.9. The van der Waals surface area contributed by atoms with E-state index < -0.39 is 0 Å². The fourth-order valence-electron chi connectivity index (χ4n) is 1.71. The molecule has 2 unspecified atom stereocenters. The first-order chi connectivity index (χ1) is 7.32. The predicted molar refractivity (Wildman–Crippen MR) is 70.8 cm³/mol. The molecule has 2 atom stereocenters. The summed E-state index contributed by atoms with van der Waals surface area (Å²) < 4.78 is 0. The van der Waals surface area contributed by atoms with Gasteiger partial charge in [0, 0.05) is 17.8 Å². The summed E-state index contributed by atoms with van der Waals surface area (Å²) in [6.45, 7) is 10.5. The normalized spacial score (nSPS) is 15.6. The molecule has 0 radical (unpaired) electrons. The first kappa shape index (κ1) is 15.8. The summed E-state index contributed by atoms with van der Waals surface area (Å²) in [4.78, 5) is 11.9. The number of rotatable bonds is 6. The number of carbonyl (C=O) groups excluding carboxylic acids is 1. The third-order valence-electron chi connectivity index (χ3n) is 2.93. The van der Waals surface area contributed by atoms with Crippen LogP contribution in [0.1, 0.15) is 53.9 Å². The highest BCUT2D eigenvalue weighted by Crippen LogP contribution is 2.22. The molecule has 0 aromatic heterocycles. The van der Waals surface area contributed by atoms with E-state index in [2.05, 4.69) is 33.0 Å². The number of halogens is 1. The summed E-state index contributed by atoms with van der Waals surface area (Å²) in [6.07, 6.45) is 2.82. The maximum Gasteiger partial charge on any atom is 0.223 e. The van der Waals surface area contributed by atoms with Crippen LogP contribution in [0.5, 0.6) is 0 Å². The van der Waals surface area contributed by atoms with Gasteiger partial charge in [-0.3, -0.25) is 4.79 Å². The summed E-state index contributed by atoms with van der Waals surface area (Å²) in [5, 5.41) is 3.12. The molecule has 0 aliphatic heterocycles. The first-order valence-electron chi connectivity index (χ1n) is 6.19. The molecule has 0 aromatic carbocycles. The second-order valence-electron chi connectivity index (χ2n) is 5.59. The third-order valence-corrected chi connectivity index (χ3v) is 3.15. The Morgan fingerprint density at radius 2 is 1.88 bits per heavy atom. The zero-order valence-electron chi connectivity index (χ0n) is 11.3. The van der Waals surface area contributed by atoms with Crippen molar-refractivity contribution < 1.29 is 4.79 Å². The minimum Gasteiger partial charge on any atom is -0.353 e. The molecule has 0 bridgehead atoms. The van der Waals surface area contributed by atoms with Crippen LogP contribution in [-0.2, 0) is 4.79 Å². The van der Waals surface area contributed by atoms with Crippen LogP contribution in [0.15, 0.2) is 0 Å². The van der Waals surface area contributed by atoms with Crippen molar-refractivity contribution in [3.8, 4) is 0 Å². The SMILES string of the molecule is CCCC(C)C(=O)NC(CCCl)C(C)(C)C. The van der Waals surface area contributed by atoms with E-state index in [1.165, 1.54) is 0 Å². The monoisotopic (exact) mass is 247 g/mol. The van der Waals surface area contributed by atoms with Gasteiger partial charge >= 0.3 is 0 Å². The van der Waals surface area contributed by atoms with Crippen LogP contribution in [0, 0.1) is 11.3 Å². The standard InChI is InChI=1S/C13H26ClNO/c1-6-7-10(2)12(16)15-11(8-9-14)13(3,4)5/h10-11H,6-9H2,1-5H3,(H,15,16). The smallest absolute Gasteiger partial charge is 0.223 e. The van der Waals surface area contributed by atoms with Crippen molar-refractivity contribution in [1.29, 1.82) is 0 Å². The van der Waals surface area contributed by atoms with Crippen molar-refractivity contribution >= 4 is 17.5 Å². The molecule has 16 heavy (non-hydrogen) atoms. The lowest BCUT2D eigenvalue weighted by molar-refractivity contribution is -0.126. The van der Waals surface area contributed by atoms with E-state index in [1.54, 1.807) is 0 Å². The molecular formula is C13H26ClNO. The summed E-state index contributed by atoms with van der Waals surface area (Å²) in [5.74, 6) is 0.849. The zero-order chi connectivity index (χ0) is 12.8. The van der Waals surface area contributed by atoms with Gasteiger partial charge in [-0.1, -0.05) is 41.0 Å². The molecule has 0 saturated carbocycles. The highest BCUT2D eigenvalue weighted by atomic mass is 35.5. The topological polar surface area (TPSA) is 29.1 Å². The van der Waals surface area contributed by atoms with Crippen LogP contribution in [0.4, 0.5) is 0 Å². The quantitative estimate of drug-likeness (QED) is 0.715. The second kappa shape index (κ2) is 7.16. The molecule has 0 aliphatic carbocycles. The van der Waals surface area contributed by atoms with Crippen LogP contribution in [-0.4, -0.2) is 17.8 Å². The molecule has 0 rings (SSSR count). The molecule has 0 saturated heterocycles. The van der Waals surface area contributed by atoms with Crippen molar-refractivity contribution in [1.82, 2.24) is 5.32 Å². The number of hydrogen-bond donors (Lipinski definition) is 1. The van der Waals surface area contributed by atoms with Crippen LogP contribution in [0.2, 0.25) is 0 Å². The van der Waals surface area contributed by atoms with Gasteiger partial charge in [-0.15, -0.1) is 11.6 Å². The molecular weight excluding hydrogens is 222 g/mol. The van der Waals surface area contributed by atoms with E-state index in [0.29, 0.717) is 5.88 Å². The Bertz CT molecular complexity index is 210. The van der Waals surface area contributed by atoms with Gasteiger partial charge in [0.2, 0.25) is 5.91 Å². The third kappa shape index (κ3) is 5.74. The van der Waals surface area contributed by atoms with E-state index in [-0.39, 0.29) is 23.3 Å². The Balaban J connectivity index is 4.34. The van der Waals surface area contributed by atoms with Crippen molar-refractivity contribution in [2.24, 2.45) is 11.3 Å². The Morgan fingerprint density at radius 3 is 2.25 bits per heavy atom. The number of amides is 1. The zero-order valence-corrected chi connectivity index (χ0v) is 12.0. The van der Waals surface area contributed by atoms with Crippen LogP contribution < -0.4 is 5.32 Å². The van der Waals surface area contributed by atoms with E-state index >= 15 is 0 Å². The highest BCUT2D eigenvalue weighted by molar-refractivity contribution is 6.17. The van der Waals surface area contributed by atoms with Crippen molar-refractivity contribution in [3.05, 3.63) is 0 Å². The molecule has 0 heterocycles. The summed E-state index contributed by atoms with van der Waals surface area (Å²) in [5.41, 5.74) is 0.0660. The predicted octanol–water partition coefficient (Wildman–Crippen LogP) is 3.58. The Kier molecular flexibility index (Phi) is 7.05. The van der Waals surface area contributed by atoms with Gasteiger partial charge < -0.3 is 5.32 Å². The Labute approximate surface area is 105 Å². The lowest BCUT2D eigenvalue weighted by Crippen LogP contribution is -2.45. The van der Waals surface area contributed by atoms with Gasteiger partial charge in [-0.25, -0.2) is 0 Å². The van der Waals surface area contributed by atoms with Crippen LogP contribution in [0.3, 0.4) is 0 Å². The van der Waals surface area contributed by atoms with E-state index in [1.807, 2.05) is 6.92 Å².